The lowest BCUT2D eigenvalue weighted by Gasteiger charge is -2.23. The zero-order chi connectivity index (χ0) is 19.0. The number of fused-ring (bicyclic) bond motifs is 1. The molecule has 2 amide bonds. The second-order valence-electron chi connectivity index (χ2n) is 8.45. The molecule has 4 rings (SSSR count). The van der Waals surface area contributed by atoms with E-state index in [1.54, 1.807) is 0 Å². The highest BCUT2D eigenvalue weighted by Gasteiger charge is 2.40. The Hall–Kier alpha value is -2.40. The van der Waals surface area contributed by atoms with E-state index < -0.39 is 0 Å². The monoisotopic (exact) mass is 364 g/mol. The van der Waals surface area contributed by atoms with Crippen LogP contribution in [0.5, 0.6) is 0 Å². The second kappa shape index (κ2) is 6.97. The Morgan fingerprint density at radius 3 is 2.78 bits per heavy atom. The van der Waals surface area contributed by atoms with Gasteiger partial charge in [0, 0.05) is 43.3 Å². The molecule has 142 valence electrons. The summed E-state index contributed by atoms with van der Waals surface area (Å²) in [5.74, 6) is 0. The molecule has 2 aliphatic rings. The smallest absolute Gasteiger partial charge is 0.322 e. The number of rotatable bonds is 3. The number of hydrogen-bond acceptors (Lipinski definition) is 3. The SMILES string of the molecule is Cc1ccc2c(n1)C(C)(C)CN2C(=O)NC1CCN(Cc2ccccc2)C1. The molecule has 1 aromatic carbocycles. The maximum absolute atomic E-state index is 13.0. The standard InChI is InChI=1S/C22H28N4O/c1-16-9-10-19-20(23-16)22(2,3)15-26(19)21(27)24-18-11-12-25(14-18)13-17-7-5-4-6-8-17/h4-10,18H,11-15H2,1-3H3,(H,24,27). The van der Waals surface area contributed by atoms with E-state index in [2.05, 4.69) is 48.3 Å². The van der Waals surface area contributed by atoms with Crippen LogP contribution in [0.15, 0.2) is 42.5 Å². The normalized spacial score (nSPS) is 21.3. The van der Waals surface area contributed by atoms with Gasteiger partial charge in [0.1, 0.15) is 0 Å². The summed E-state index contributed by atoms with van der Waals surface area (Å²) >= 11 is 0. The van der Waals surface area contributed by atoms with Crippen LogP contribution in [-0.2, 0) is 12.0 Å². The first kappa shape index (κ1) is 18.0. The summed E-state index contributed by atoms with van der Waals surface area (Å²) in [6.45, 7) is 9.84. The molecule has 1 unspecified atom stereocenters. The average molecular weight is 364 g/mol. The number of likely N-dealkylation sites (tertiary alicyclic amines) is 1. The van der Waals surface area contributed by atoms with Crippen LogP contribution >= 0.6 is 0 Å². The van der Waals surface area contributed by atoms with Crippen molar-refractivity contribution in [1.82, 2.24) is 15.2 Å². The van der Waals surface area contributed by atoms with E-state index in [1.165, 1.54) is 5.56 Å². The number of aryl methyl sites for hydroxylation is 1. The quantitative estimate of drug-likeness (QED) is 0.907. The molecule has 0 aliphatic carbocycles. The van der Waals surface area contributed by atoms with E-state index in [4.69, 9.17) is 4.98 Å². The molecule has 5 heteroatoms. The highest BCUT2D eigenvalue weighted by Crippen LogP contribution is 2.39. The van der Waals surface area contributed by atoms with Crippen molar-refractivity contribution >= 4 is 11.7 Å². The molecular formula is C22H28N4O. The summed E-state index contributed by atoms with van der Waals surface area (Å²) in [5, 5.41) is 3.25. The average Bonchev–Trinajstić information content (AvgIpc) is 3.18. The van der Waals surface area contributed by atoms with Crippen LogP contribution in [0, 0.1) is 6.92 Å². The van der Waals surface area contributed by atoms with Crippen LogP contribution in [0.3, 0.4) is 0 Å². The molecule has 0 saturated carbocycles. The van der Waals surface area contributed by atoms with Gasteiger partial charge in [-0.1, -0.05) is 44.2 Å². The molecular weight excluding hydrogens is 336 g/mol. The van der Waals surface area contributed by atoms with E-state index in [9.17, 15) is 4.79 Å². The topological polar surface area (TPSA) is 48.5 Å². The van der Waals surface area contributed by atoms with Gasteiger partial charge in [0.25, 0.3) is 0 Å². The number of nitrogens with zero attached hydrogens (tertiary/aromatic N) is 3. The first-order chi connectivity index (χ1) is 12.9. The number of aromatic nitrogens is 1. The van der Waals surface area contributed by atoms with Crippen LogP contribution < -0.4 is 10.2 Å². The van der Waals surface area contributed by atoms with Crippen LogP contribution in [-0.4, -0.2) is 41.6 Å². The Morgan fingerprint density at radius 2 is 2.00 bits per heavy atom. The minimum atomic E-state index is -0.117. The van der Waals surface area contributed by atoms with Gasteiger partial charge in [0.15, 0.2) is 0 Å². The number of nitrogens with one attached hydrogen (secondary N) is 1. The van der Waals surface area contributed by atoms with Gasteiger partial charge in [-0.3, -0.25) is 14.8 Å². The van der Waals surface area contributed by atoms with Gasteiger partial charge in [0.2, 0.25) is 0 Å². The lowest BCUT2D eigenvalue weighted by molar-refractivity contribution is 0.241. The Balaban J connectivity index is 1.39. The fraction of sp³-hybridized carbons (Fsp3) is 0.455. The van der Waals surface area contributed by atoms with Gasteiger partial charge < -0.3 is 5.32 Å². The van der Waals surface area contributed by atoms with E-state index >= 15 is 0 Å². The van der Waals surface area contributed by atoms with Crippen molar-refractivity contribution in [2.75, 3.05) is 24.5 Å². The first-order valence-electron chi connectivity index (χ1n) is 9.75. The summed E-state index contributed by atoms with van der Waals surface area (Å²) in [5.41, 5.74) is 4.17. The number of carbonyl (C=O) groups excluding carboxylic acids is 1. The predicted octanol–water partition coefficient (Wildman–Crippen LogP) is 3.47. The van der Waals surface area contributed by atoms with Gasteiger partial charge in [-0.05, 0) is 31.0 Å². The van der Waals surface area contributed by atoms with Crippen LogP contribution in [0.4, 0.5) is 10.5 Å². The number of urea groups is 1. The summed E-state index contributed by atoms with van der Waals surface area (Å²) in [6.07, 6.45) is 0.995. The van der Waals surface area contributed by atoms with E-state index in [-0.39, 0.29) is 17.5 Å². The molecule has 1 fully saturated rings. The molecule has 0 spiro atoms. The van der Waals surface area contributed by atoms with Crippen molar-refractivity contribution in [3.63, 3.8) is 0 Å². The fourth-order valence-electron chi connectivity index (χ4n) is 4.19. The van der Waals surface area contributed by atoms with Gasteiger partial charge in [0.05, 0.1) is 11.4 Å². The van der Waals surface area contributed by atoms with Crippen LogP contribution in [0.1, 0.15) is 37.2 Å². The molecule has 2 aromatic rings. The molecule has 1 aromatic heterocycles. The third-order valence-corrected chi connectivity index (χ3v) is 5.59. The molecule has 3 heterocycles. The third-order valence-electron chi connectivity index (χ3n) is 5.59. The van der Waals surface area contributed by atoms with E-state index in [0.29, 0.717) is 6.54 Å². The minimum Gasteiger partial charge on any atom is -0.334 e. The minimum absolute atomic E-state index is 0.000890. The predicted molar refractivity (Wildman–Crippen MR) is 108 cm³/mol. The molecule has 0 bridgehead atoms. The molecule has 27 heavy (non-hydrogen) atoms. The summed E-state index contributed by atoms with van der Waals surface area (Å²) in [4.78, 5) is 21.9. The van der Waals surface area contributed by atoms with Gasteiger partial charge in [-0.15, -0.1) is 0 Å². The molecule has 2 aliphatic heterocycles. The van der Waals surface area contributed by atoms with E-state index in [0.717, 1.165) is 43.1 Å². The molecule has 1 N–H and O–H groups in total. The van der Waals surface area contributed by atoms with Gasteiger partial charge in [-0.2, -0.15) is 0 Å². The highest BCUT2D eigenvalue weighted by molar-refractivity contribution is 5.94. The van der Waals surface area contributed by atoms with E-state index in [1.807, 2.05) is 30.0 Å². The van der Waals surface area contributed by atoms with Gasteiger partial charge in [-0.25, -0.2) is 4.79 Å². The third kappa shape index (κ3) is 3.69. The lowest BCUT2D eigenvalue weighted by Crippen LogP contribution is -2.46. The fourth-order valence-corrected chi connectivity index (χ4v) is 4.19. The number of pyridine rings is 1. The Morgan fingerprint density at radius 1 is 1.22 bits per heavy atom. The van der Waals surface area contributed by atoms with Crippen molar-refractivity contribution in [1.29, 1.82) is 0 Å². The summed E-state index contributed by atoms with van der Waals surface area (Å²) in [6, 6.07) is 14.7. The maximum Gasteiger partial charge on any atom is 0.322 e. The number of anilines is 1. The summed E-state index contributed by atoms with van der Waals surface area (Å²) in [7, 11) is 0. The lowest BCUT2D eigenvalue weighted by atomic mass is 9.91. The summed E-state index contributed by atoms with van der Waals surface area (Å²) < 4.78 is 0. The van der Waals surface area contributed by atoms with Crippen molar-refractivity contribution in [2.24, 2.45) is 0 Å². The highest BCUT2D eigenvalue weighted by atomic mass is 16.2. The van der Waals surface area contributed by atoms with Crippen molar-refractivity contribution < 1.29 is 4.79 Å². The molecule has 1 atom stereocenters. The number of amides is 2. The van der Waals surface area contributed by atoms with Gasteiger partial charge >= 0.3 is 6.03 Å². The number of hydrogen-bond donors (Lipinski definition) is 1. The Kier molecular flexibility index (Phi) is 4.64. The zero-order valence-electron chi connectivity index (χ0n) is 16.4. The second-order valence-corrected chi connectivity index (χ2v) is 8.45. The maximum atomic E-state index is 13.0. The van der Waals surface area contributed by atoms with Crippen LogP contribution in [0.25, 0.3) is 0 Å². The molecule has 5 nitrogen and oxygen atoms in total. The first-order valence-corrected chi connectivity index (χ1v) is 9.75. The van der Waals surface area contributed by atoms with Crippen molar-refractivity contribution in [2.45, 2.75) is 45.2 Å². The molecule has 1 saturated heterocycles. The number of benzene rings is 1. The Labute approximate surface area is 161 Å². The molecule has 0 radical (unpaired) electrons. The largest absolute Gasteiger partial charge is 0.334 e. The number of carbonyl (C=O) groups is 1. The Bertz CT molecular complexity index is 833. The van der Waals surface area contributed by atoms with Crippen LogP contribution in [0.2, 0.25) is 0 Å². The zero-order valence-corrected chi connectivity index (χ0v) is 16.4. The van der Waals surface area contributed by atoms with Crippen molar-refractivity contribution in [3.05, 3.63) is 59.4 Å². The van der Waals surface area contributed by atoms with Crippen molar-refractivity contribution in [3.8, 4) is 0 Å².